The van der Waals surface area contributed by atoms with E-state index in [9.17, 15) is 0 Å². The maximum absolute atomic E-state index is 6.05. The van der Waals surface area contributed by atoms with Gasteiger partial charge in [0.2, 0.25) is 0 Å². The number of nitrogens with zero attached hydrogens (tertiary/aromatic N) is 3. The van der Waals surface area contributed by atoms with Gasteiger partial charge < -0.3 is 16.0 Å². The van der Waals surface area contributed by atoms with Gasteiger partial charge in [-0.1, -0.05) is 11.6 Å². The second-order valence-electron chi connectivity index (χ2n) is 4.62. The molecule has 0 saturated carbocycles. The van der Waals surface area contributed by atoms with Crippen LogP contribution in [0.2, 0.25) is 5.02 Å². The van der Waals surface area contributed by atoms with Crippen molar-refractivity contribution in [1.82, 2.24) is 14.9 Å². The van der Waals surface area contributed by atoms with E-state index in [-0.39, 0.29) is 0 Å². The van der Waals surface area contributed by atoms with E-state index in [0.29, 0.717) is 28.7 Å². The predicted octanol–water partition coefficient (Wildman–Crippen LogP) is 1.61. The number of hydrogen-bond donors (Lipinski definition) is 2. The number of halogens is 1. The Morgan fingerprint density at radius 3 is 3.00 bits per heavy atom. The molecule has 2 heterocycles. The lowest BCUT2D eigenvalue weighted by Crippen LogP contribution is -2.42. The Morgan fingerprint density at radius 2 is 2.29 bits per heavy atom. The molecule has 0 aliphatic carbocycles. The minimum Gasteiger partial charge on any atom is -0.382 e. The first-order chi connectivity index (χ1) is 8.08. The average Bonchev–Trinajstić information content (AvgIpc) is 2.30. The number of rotatable bonds is 2. The van der Waals surface area contributed by atoms with Crippen molar-refractivity contribution < 1.29 is 0 Å². The van der Waals surface area contributed by atoms with E-state index < -0.39 is 0 Å². The lowest BCUT2D eigenvalue weighted by Gasteiger charge is -2.35. The summed E-state index contributed by atoms with van der Waals surface area (Å²) in [5.41, 5.74) is 5.64. The summed E-state index contributed by atoms with van der Waals surface area (Å²) in [7, 11) is 2.15. The molecule has 17 heavy (non-hydrogen) atoms. The SMILES string of the molecule is CC1CC(Nc2ncnc(N)c2Cl)CCN1C. The zero-order chi connectivity index (χ0) is 12.4. The first-order valence-electron chi connectivity index (χ1n) is 5.80. The summed E-state index contributed by atoms with van der Waals surface area (Å²) in [6, 6.07) is 0.965. The highest BCUT2D eigenvalue weighted by Gasteiger charge is 2.23. The van der Waals surface area contributed by atoms with Crippen molar-refractivity contribution in [3.63, 3.8) is 0 Å². The van der Waals surface area contributed by atoms with Crippen LogP contribution in [0.1, 0.15) is 19.8 Å². The van der Waals surface area contributed by atoms with E-state index in [1.165, 1.54) is 6.33 Å². The molecule has 5 nitrogen and oxygen atoms in total. The fourth-order valence-corrected chi connectivity index (χ4v) is 2.25. The van der Waals surface area contributed by atoms with Gasteiger partial charge in [0.25, 0.3) is 0 Å². The van der Waals surface area contributed by atoms with Gasteiger partial charge >= 0.3 is 0 Å². The summed E-state index contributed by atoms with van der Waals surface area (Å²) in [6.45, 7) is 3.31. The predicted molar refractivity (Wildman–Crippen MR) is 70.2 cm³/mol. The molecule has 2 atom stereocenters. The molecular weight excluding hydrogens is 238 g/mol. The second kappa shape index (κ2) is 5.06. The van der Waals surface area contributed by atoms with Gasteiger partial charge in [0.1, 0.15) is 17.2 Å². The van der Waals surface area contributed by atoms with Crippen LogP contribution in [0, 0.1) is 0 Å². The van der Waals surface area contributed by atoms with Crippen molar-refractivity contribution in [3.8, 4) is 0 Å². The van der Waals surface area contributed by atoms with Crippen molar-refractivity contribution >= 4 is 23.2 Å². The summed E-state index contributed by atoms with van der Waals surface area (Å²) in [6.07, 6.45) is 3.60. The number of hydrogen-bond acceptors (Lipinski definition) is 5. The molecule has 0 aromatic carbocycles. The highest BCUT2D eigenvalue weighted by molar-refractivity contribution is 6.35. The average molecular weight is 256 g/mol. The summed E-state index contributed by atoms with van der Waals surface area (Å²) in [4.78, 5) is 10.3. The molecule has 0 bridgehead atoms. The summed E-state index contributed by atoms with van der Waals surface area (Å²) in [5, 5.41) is 3.77. The molecule has 6 heteroatoms. The van der Waals surface area contributed by atoms with Crippen molar-refractivity contribution in [2.24, 2.45) is 0 Å². The highest BCUT2D eigenvalue weighted by atomic mass is 35.5. The Hall–Kier alpha value is -1.07. The molecule has 1 saturated heterocycles. The number of anilines is 2. The van der Waals surface area contributed by atoms with Crippen LogP contribution in [0.4, 0.5) is 11.6 Å². The standard InChI is InChI=1S/C11H18ClN5/c1-7-5-8(3-4-17(7)2)16-11-9(12)10(13)14-6-15-11/h6-8H,3-5H2,1-2H3,(H3,13,14,15,16). The minimum atomic E-state index is 0.324. The fourth-order valence-electron chi connectivity index (χ4n) is 2.10. The van der Waals surface area contributed by atoms with E-state index >= 15 is 0 Å². The van der Waals surface area contributed by atoms with E-state index in [4.69, 9.17) is 17.3 Å². The first-order valence-corrected chi connectivity index (χ1v) is 6.18. The van der Waals surface area contributed by atoms with Gasteiger partial charge in [-0.15, -0.1) is 0 Å². The molecule has 1 aliphatic rings. The van der Waals surface area contributed by atoms with Gasteiger partial charge in [0.15, 0.2) is 5.82 Å². The third kappa shape index (κ3) is 2.79. The molecule has 1 aromatic heterocycles. The third-order valence-electron chi connectivity index (χ3n) is 3.37. The molecule has 1 aromatic rings. The van der Waals surface area contributed by atoms with Crippen molar-refractivity contribution in [3.05, 3.63) is 11.3 Å². The molecular formula is C11H18ClN5. The number of likely N-dealkylation sites (tertiary alicyclic amines) is 1. The number of aromatic nitrogens is 2. The lowest BCUT2D eigenvalue weighted by atomic mass is 9.99. The van der Waals surface area contributed by atoms with Gasteiger partial charge in [-0.05, 0) is 26.8 Å². The smallest absolute Gasteiger partial charge is 0.150 e. The summed E-state index contributed by atoms with van der Waals surface area (Å²) >= 11 is 6.05. The second-order valence-corrected chi connectivity index (χ2v) is 4.99. The van der Waals surface area contributed by atoms with Crippen LogP contribution < -0.4 is 11.1 Å². The zero-order valence-electron chi connectivity index (χ0n) is 10.2. The Bertz CT molecular complexity index is 397. The van der Waals surface area contributed by atoms with E-state index in [1.807, 2.05) is 0 Å². The Labute approximate surface area is 106 Å². The molecule has 94 valence electrons. The van der Waals surface area contributed by atoms with Crippen LogP contribution in [0.25, 0.3) is 0 Å². The largest absolute Gasteiger partial charge is 0.382 e. The van der Waals surface area contributed by atoms with Crippen LogP contribution in [-0.2, 0) is 0 Å². The Balaban J connectivity index is 2.04. The van der Waals surface area contributed by atoms with Crippen LogP contribution in [0.5, 0.6) is 0 Å². The summed E-state index contributed by atoms with van der Waals surface area (Å²) < 4.78 is 0. The molecule has 2 unspecified atom stereocenters. The van der Waals surface area contributed by atoms with Crippen LogP contribution in [0.15, 0.2) is 6.33 Å². The fraction of sp³-hybridized carbons (Fsp3) is 0.636. The highest BCUT2D eigenvalue weighted by Crippen LogP contribution is 2.26. The maximum Gasteiger partial charge on any atom is 0.150 e. The number of nitrogens with one attached hydrogen (secondary N) is 1. The summed E-state index contributed by atoms with van der Waals surface area (Å²) in [5.74, 6) is 0.964. The van der Waals surface area contributed by atoms with Gasteiger partial charge in [-0.2, -0.15) is 0 Å². The minimum absolute atomic E-state index is 0.324. The van der Waals surface area contributed by atoms with Gasteiger partial charge in [0.05, 0.1) is 0 Å². The molecule has 1 fully saturated rings. The molecule has 0 radical (unpaired) electrons. The number of nitrogens with two attached hydrogens (primary N) is 1. The van der Waals surface area contributed by atoms with Crippen LogP contribution >= 0.6 is 11.6 Å². The molecule has 0 amide bonds. The molecule has 3 N–H and O–H groups in total. The topological polar surface area (TPSA) is 67.1 Å². The van der Waals surface area contributed by atoms with Gasteiger partial charge in [-0.25, -0.2) is 9.97 Å². The van der Waals surface area contributed by atoms with Crippen LogP contribution in [-0.4, -0.2) is 40.5 Å². The van der Waals surface area contributed by atoms with E-state index in [0.717, 1.165) is 19.4 Å². The van der Waals surface area contributed by atoms with Crippen molar-refractivity contribution in [1.29, 1.82) is 0 Å². The quantitative estimate of drug-likeness (QED) is 0.840. The molecule has 2 rings (SSSR count). The Kier molecular flexibility index (Phi) is 3.69. The lowest BCUT2D eigenvalue weighted by molar-refractivity contribution is 0.190. The monoisotopic (exact) mass is 255 g/mol. The van der Waals surface area contributed by atoms with Gasteiger partial charge in [0, 0.05) is 18.6 Å². The Morgan fingerprint density at radius 1 is 1.53 bits per heavy atom. The molecule has 1 aliphatic heterocycles. The van der Waals surface area contributed by atoms with Crippen LogP contribution in [0.3, 0.4) is 0 Å². The van der Waals surface area contributed by atoms with Crippen molar-refractivity contribution in [2.45, 2.75) is 31.8 Å². The maximum atomic E-state index is 6.05. The van der Waals surface area contributed by atoms with Crippen molar-refractivity contribution in [2.75, 3.05) is 24.6 Å². The molecule has 0 spiro atoms. The van der Waals surface area contributed by atoms with E-state index in [1.54, 1.807) is 0 Å². The number of nitrogen functional groups attached to an aromatic ring is 1. The van der Waals surface area contributed by atoms with Gasteiger partial charge in [-0.3, -0.25) is 0 Å². The third-order valence-corrected chi connectivity index (χ3v) is 3.74. The van der Waals surface area contributed by atoms with E-state index in [2.05, 4.69) is 34.2 Å². The zero-order valence-corrected chi connectivity index (χ0v) is 10.9. The number of piperidine rings is 1. The normalized spacial score (nSPS) is 25.8. The first kappa shape index (κ1) is 12.4.